The number of amides is 2. The molecule has 0 radical (unpaired) electrons. The van der Waals surface area contributed by atoms with Crippen molar-refractivity contribution in [2.75, 3.05) is 0 Å². The molecule has 2 aromatic rings. The van der Waals surface area contributed by atoms with E-state index in [-0.39, 0.29) is 18.7 Å². The molecular formula is C13H15N3O5. The highest BCUT2D eigenvalue weighted by atomic mass is 16.5. The summed E-state index contributed by atoms with van der Waals surface area (Å²) in [5.74, 6) is 0.280. The van der Waals surface area contributed by atoms with Crippen molar-refractivity contribution in [3.8, 4) is 0 Å². The van der Waals surface area contributed by atoms with Gasteiger partial charge in [0.15, 0.2) is 0 Å². The number of carbonyl (C=O) groups is 2. The molecule has 0 aliphatic heterocycles. The second kappa shape index (κ2) is 6.12. The van der Waals surface area contributed by atoms with Crippen LogP contribution in [0, 0.1) is 13.8 Å². The summed E-state index contributed by atoms with van der Waals surface area (Å²) in [5.41, 5.74) is 0.704. The van der Waals surface area contributed by atoms with Gasteiger partial charge in [-0.2, -0.15) is 0 Å². The van der Waals surface area contributed by atoms with Gasteiger partial charge >= 0.3 is 12.0 Å². The summed E-state index contributed by atoms with van der Waals surface area (Å²) in [6.45, 7) is 3.65. The Balaban J connectivity index is 1.81. The van der Waals surface area contributed by atoms with Crippen LogP contribution in [0.15, 0.2) is 21.1 Å². The summed E-state index contributed by atoms with van der Waals surface area (Å²) < 4.78 is 10.1. The van der Waals surface area contributed by atoms with Gasteiger partial charge in [0.05, 0.1) is 13.1 Å². The molecule has 8 heteroatoms. The third kappa shape index (κ3) is 3.85. The van der Waals surface area contributed by atoms with Gasteiger partial charge in [-0.1, -0.05) is 5.16 Å². The molecule has 2 amide bonds. The van der Waals surface area contributed by atoms with Crippen molar-refractivity contribution in [3.63, 3.8) is 0 Å². The largest absolute Gasteiger partial charge is 0.478 e. The molecule has 0 unspecified atom stereocenters. The van der Waals surface area contributed by atoms with E-state index in [1.165, 1.54) is 6.07 Å². The fraction of sp³-hybridized carbons (Fsp3) is 0.308. The minimum Gasteiger partial charge on any atom is -0.478 e. The molecule has 2 heterocycles. The van der Waals surface area contributed by atoms with Crippen molar-refractivity contribution >= 4 is 12.0 Å². The van der Waals surface area contributed by atoms with Crippen LogP contribution >= 0.6 is 0 Å². The van der Waals surface area contributed by atoms with Crippen LogP contribution in [0.3, 0.4) is 0 Å². The third-order valence-corrected chi connectivity index (χ3v) is 2.73. The zero-order valence-electron chi connectivity index (χ0n) is 11.6. The molecule has 0 aromatic carbocycles. The lowest BCUT2D eigenvalue weighted by Crippen LogP contribution is -2.34. The van der Waals surface area contributed by atoms with Crippen molar-refractivity contribution < 1.29 is 23.6 Å². The van der Waals surface area contributed by atoms with Gasteiger partial charge in [0.1, 0.15) is 28.5 Å². The maximum absolute atomic E-state index is 11.6. The van der Waals surface area contributed by atoms with Crippen LogP contribution in [-0.4, -0.2) is 22.3 Å². The first kappa shape index (κ1) is 14.6. The number of furan rings is 1. The predicted molar refractivity (Wildman–Crippen MR) is 70.7 cm³/mol. The highest BCUT2D eigenvalue weighted by molar-refractivity contribution is 5.88. The lowest BCUT2D eigenvalue weighted by Gasteiger charge is -2.04. The second-order valence-corrected chi connectivity index (χ2v) is 4.45. The van der Waals surface area contributed by atoms with Gasteiger partial charge in [-0.15, -0.1) is 0 Å². The first-order valence-corrected chi connectivity index (χ1v) is 6.22. The molecule has 0 atom stereocenters. The maximum atomic E-state index is 11.6. The molecule has 21 heavy (non-hydrogen) atoms. The first-order valence-electron chi connectivity index (χ1n) is 6.22. The van der Waals surface area contributed by atoms with Crippen LogP contribution in [0.25, 0.3) is 0 Å². The van der Waals surface area contributed by atoms with E-state index in [9.17, 15) is 9.59 Å². The molecule has 0 spiro atoms. The number of carboxylic acid groups (broad SMARTS) is 1. The minimum absolute atomic E-state index is 0.0882. The number of carboxylic acids is 1. The number of aromatic carboxylic acids is 1. The average Bonchev–Trinajstić information content (AvgIpc) is 3.00. The van der Waals surface area contributed by atoms with Crippen molar-refractivity contribution in [1.29, 1.82) is 0 Å². The van der Waals surface area contributed by atoms with E-state index in [0.29, 0.717) is 23.0 Å². The van der Waals surface area contributed by atoms with Gasteiger partial charge in [0.2, 0.25) is 0 Å². The Labute approximate surface area is 120 Å². The van der Waals surface area contributed by atoms with E-state index < -0.39 is 12.0 Å². The molecule has 112 valence electrons. The van der Waals surface area contributed by atoms with E-state index in [0.717, 1.165) is 0 Å². The zero-order valence-corrected chi connectivity index (χ0v) is 11.6. The molecule has 2 aromatic heterocycles. The van der Waals surface area contributed by atoms with Crippen LogP contribution in [0.2, 0.25) is 0 Å². The first-order chi connectivity index (χ1) is 9.95. The summed E-state index contributed by atoms with van der Waals surface area (Å²) in [6.07, 6.45) is 0. The average molecular weight is 293 g/mol. The van der Waals surface area contributed by atoms with Crippen molar-refractivity contribution in [1.82, 2.24) is 15.8 Å². The summed E-state index contributed by atoms with van der Waals surface area (Å²) in [4.78, 5) is 22.4. The Morgan fingerprint density at radius 2 is 1.95 bits per heavy atom. The number of carbonyl (C=O) groups excluding carboxylic acids is 1. The van der Waals surface area contributed by atoms with Gasteiger partial charge in [-0.25, -0.2) is 9.59 Å². The Hall–Kier alpha value is -2.77. The number of hydrogen-bond acceptors (Lipinski definition) is 5. The second-order valence-electron chi connectivity index (χ2n) is 4.45. The maximum Gasteiger partial charge on any atom is 0.339 e. The monoisotopic (exact) mass is 293 g/mol. The number of rotatable bonds is 5. The molecule has 0 saturated carbocycles. The predicted octanol–water partition coefficient (Wildman–Crippen LogP) is 1.58. The SMILES string of the molecule is Cc1cc(CNC(=O)NCc2cc(C(=O)O)c(C)o2)no1. The van der Waals surface area contributed by atoms with Gasteiger partial charge < -0.3 is 24.7 Å². The Bertz CT molecular complexity index is 659. The lowest BCUT2D eigenvalue weighted by molar-refractivity contribution is 0.0695. The smallest absolute Gasteiger partial charge is 0.339 e. The van der Waals surface area contributed by atoms with Crippen molar-refractivity contribution in [2.45, 2.75) is 26.9 Å². The molecule has 0 aliphatic carbocycles. The topological polar surface area (TPSA) is 118 Å². The molecule has 0 saturated heterocycles. The van der Waals surface area contributed by atoms with Crippen LogP contribution in [0.5, 0.6) is 0 Å². The van der Waals surface area contributed by atoms with E-state index in [2.05, 4.69) is 15.8 Å². The Morgan fingerprint density at radius 3 is 2.52 bits per heavy atom. The van der Waals surface area contributed by atoms with Crippen molar-refractivity contribution in [2.24, 2.45) is 0 Å². The highest BCUT2D eigenvalue weighted by Crippen LogP contribution is 2.14. The lowest BCUT2D eigenvalue weighted by atomic mass is 10.2. The van der Waals surface area contributed by atoms with E-state index in [1.54, 1.807) is 19.9 Å². The number of aromatic nitrogens is 1. The molecule has 0 aliphatic rings. The normalized spacial score (nSPS) is 10.4. The van der Waals surface area contributed by atoms with Gasteiger partial charge in [-0.05, 0) is 19.9 Å². The fourth-order valence-electron chi connectivity index (χ4n) is 1.75. The number of urea groups is 1. The number of hydrogen-bond donors (Lipinski definition) is 3. The summed E-state index contributed by atoms with van der Waals surface area (Å²) in [6, 6.07) is 2.69. The summed E-state index contributed by atoms with van der Waals surface area (Å²) in [7, 11) is 0. The molecule has 8 nitrogen and oxygen atoms in total. The Kier molecular flexibility index (Phi) is 4.27. The molecule has 0 bridgehead atoms. The van der Waals surface area contributed by atoms with E-state index in [4.69, 9.17) is 14.0 Å². The standard InChI is InChI=1S/C13H15N3O5/c1-7-3-9(16-21-7)5-14-13(19)15-6-10-4-11(12(17)18)8(2)20-10/h3-4H,5-6H2,1-2H3,(H,17,18)(H2,14,15,19). The number of nitrogens with one attached hydrogen (secondary N) is 2. The van der Waals surface area contributed by atoms with Gasteiger partial charge in [0.25, 0.3) is 0 Å². The van der Waals surface area contributed by atoms with Gasteiger partial charge in [0, 0.05) is 6.07 Å². The van der Waals surface area contributed by atoms with Crippen molar-refractivity contribution in [3.05, 3.63) is 40.7 Å². The van der Waals surface area contributed by atoms with Crippen LogP contribution in [0.1, 0.15) is 33.3 Å². The minimum atomic E-state index is -1.06. The van der Waals surface area contributed by atoms with Crippen LogP contribution in [-0.2, 0) is 13.1 Å². The summed E-state index contributed by atoms with van der Waals surface area (Å²) in [5, 5.41) is 17.8. The van der Waals surface area contributed by atoms with Gasteiger partial charge in [-0.3, -0.25) is 0 Å². The van der Waals surface area contributed by atoms with E-state index >= 15 is 0 Å². The third-order valence-electron chi connectivity index (χ3n) is 2.73. The van der Waals surface area contributed by atoms with Crippen LogP contribution < -0.4 is 10.6 Å². The molecular weight excluding hydrogens is 278 g/mol. The number of nitrogens with zero attached hydrogens (tertiary/aromatic N) is 1. The molecule has 3 N–H and O–H groups in total. The highest BCUT2D eigenvalue weighted by Gasteiger charge is 2.14. The van der Waals surface area contributed by atoms with Crippen LogP contribution in [0.4, 0.5) is 4.79 Å². The molecule has 0 fully saturated rings. The quantitative estimate of drug-likeness (QED) is 0.770. The molecule has 2 rings (SSSR count). The number of aryl methyl sites for hydroxylation is 2. The summed E-state index contributed by atoms with van der Waals surface area (Å²) >= 11 is 0. The zero-order chi connectivity index (χ0) is 15.4. The fourth-order valence-corrected chi connectivity index (χ4v) is 1.75. The van der Waals surface area contributed by atoms with E-state index in [1.807, 2.05) is 0 Å². The Morgan fingerprint density at radius 1 is 1.24 bits per heavy atom.